The van der Waals surface area contributed by atoms with Crippen LogP contribution >= 0.6 is 0 Å². The maximum Gasteiger partial charge on any atom is 1.00 e. The zero-order valence-electron chi connectivity index (χ0n) is 64.4. The summed E-state index contributed by atoms with van der Waals surface area (Å²) in [5, 5.41) is 146. The molecule has 6 aromatic rings. The monoisotopic (exact) mass is 1690 g/mol. The fourth-order valence-corrected chi connectivity index (χ4v) is 10.4. The van der Waals surface area contributed by atoms with Crippen LogP contribution in [-0.2, 0) is 96.1 Å². The minimum atomic E-state index is -1.92. The number of rotatable bonds is 36. The molecule has 0 saturated carbocycles. The quantitative estimate of drug-likeness (QED) is 0.0329. The molecule has 12 bridgehead atoms. The summed E-state index contributed by atoms with van der Waals surface area (Å²) in [6, 6.07) is 12.4. The van der Waals surface area contributed by atoms with Crippen molar-refractivity contribution < 1.29 is 530 Å². The summed E-state index contributed by atoms with van der Waals surface area (Å²) in [6.07, 6.45) is -4.84. The zero-order chi connectivity index (χ0) is 74.5. The number of carbonyl (C=O) groups excluding carboxylic acids is 12. The Kier molecular flexibility index (Phi) is 66.9. The fraction of sp³-hybridized carbons (Fsp3) is 0.273. The predicted molar refractivity (Wildman–Crippen MR) is 302 cm³/mol. The number of carboxylic acids is 12. The largest absolute Gasteiger partial charge is 1.00 e. The first-order chi connectivity index (χ1) is 48.4. The molecule has 1 aliphatic rings. The second kappa shape index (κ2) is 61.8. The SMILES string of the molecule is O=C([O-])COc1cc2c(OCC(=O)[O-])c(c1)Cc1cc(OCC(=O)[O-])cc(c1OCC(=O)[O-])Cc1cc(OCC(=O)[O-])cc(c1OCC(=O)[O-])Cc1cc(OCC(=O)[O-])cc(c1OCC(=O)[O-])Cc1cc(OCC(=O)[O-])cc(c1OCC(=O)[O-])Cc1cc(OCC(=O)[O-])cc(c1OCC(=O)[O-])C2.[Na+].[Na+].[Na+].[Na+].[Na+].[Na+].[Na+].[Na+].[Na+].[Na+].[Na+].[Na+]. The molecule has 0 aliphatic heterocycles. The van der Waals surface area contributed by atoms with Crippen molar-refractivity contribution in [2.75, 3.05) is 79.3 Å². The average molecular weight is 1690 g/mol. The Morgan fingerprint density at radius 2 is 0.246 bits per heavy atom. The van der Waals surface area contributed by atoms with Crippen LogP contribution in [0.5, 0.6) is 69.0 Å². The molecular formula is C66H48Na12O36. The Balaban J connectivity index is -0.00000243. The normalized spacial score (nSPS) is 10.3. The number of hydrogen-bond acceptors (Lipinski definition) is 36. The Bertz CT molecular complexity index is 3480. The Morgan fingerprint density at radius 1 is 0.167 bits per heavy atom. The summed E-state index contributed by atoms with van der Waals surface area (Å²) in [5.74, 6) is -28.6. The topological polar surface area (TPSA) is 592 Å². The van der Waals surface area contributed by atoms with E-state index in [1.807, 2.05) is 0 Å². The maximum absolute atomic E-state index is 12.4. The molecule has 114 heavy (non-hydrogen) atoms. The molecule has 0 saturated heterocycles. The Hall–Kier alpha value is -1.44. The van der Waals surface area contributed by atoms with Gasteiger partial charge in [-0.3, -0.25) is 0 Å². The van der Waals surface area contributed by atoms with E-state index in [1.54, 1.807) is 0 Å². The first-order valence-corrected chi connectivity index (χ1v) is 29.2. The van der Waals surface area contributed by atoms with Crippen molar-refractivity contribution in [1.29, 1.82) is 0 Å². The van der Waals surface area contributed by atoms with Gasteiger partial charge in [0, 0.05) is 105 Å². The van der Waals surface area contributed by atoms with Gasteiger partial charge in [0.1, 0.15) is 148 Å². The summed E-state index contributed by atoms with van der Waals surface area (Å²) in [4.78, 5) is 146. The Labute approximate surface area is 912 Å². The first kappa shape index (κ1) is 123. The molecule has 48 heteroatoms. The first-order valence-electron chi connectivity index (χ1n) is 29.2. The number of fused-ring (bicyclic) bond motifs is 12. The van der Waals surface area contributed by atoms with Crippen LogP contribution in [0.2, 0.25) is 0 Å². The number of benzene rings is 6. The van der Waals surface area contributed by atoms with Crippen LogP contribution in [0, 0.1) is 0 Å². The van der Waals surface area contributed by atoms with Gasteiger partial charge in [-0.05, 0) is 72.8 Å². The molecule has 0 radical (unpaired) electrons. The van der Waals surface area contributed by atoms with Gasteiger partial charge in [-0.15, -0.1) is 0 Å². The van der Waals surface area contributed by atoms with Crippen LogP contribution < -0.4 is 473 Å². The van der Waals surface area contributed by atoms with Crippen molar-refractivity contribution in [2.24, 2.45) is 0 Å². The third-order valence-corrected chi connectivity index (χ3v) is 13.7. The number of aliphatic carboxylic acids is 12. The van der Waals surface area contributed by atoms with Gasteiger partial charge in [-0.25, -0.2) is 0 Å². The molecule has 36 nitrogen and oxygen atoms in total. The molecule has 7 rings (SSSR count). The molecule has 0 unspecified atom stereocenters. The third-order valence-electron chi connectivity index (χ3n) is 13.7. The van der Waals surface area contributed by atoms with Crippen LogP contribution in [0.4, 0.5) is 0 Å². The van der Waals surface area contributed by atoms with Crippen molar-refractivity contribution in [3.8, 4) is 69.0 Å². The van der Waals surface area contributed by atoms with Crippen molar-refractivity contribution in [1.82, 2.24) is 0 Å². The minimum Gasteiger partial charge on any atom is -0.546 e. The Morgan fingerprint density at radius 3 is 0.325 bits per heavy atom. The van der Waals surface area contributed by atoms with E-state index in [0.29, 0.717) is 0 Å². The third kappa shape index (κ3) is 41.6. The van der Waals surface area contributed by atoms with Crippen LogP contribution in [-0.4, -0.2) is 151 Å². The number of ether oxygens (including phenoxy) is 12. The molecule has 540 valence electrons. The molecule has 0 atom stereocenters. The fourth-order valence-electron chi connectivity index (χ4n) is 10.4. The van der Waals surface area contributed by atoms with Gasteiger partial charge in [-0.1, -0.05) is 0 Å². The van der Waals surface area contributed by atoms with E-state index in [1.165, 1.54) is 0 Å². The van der Waals surface area contributed by atoms with Crippen molar-refractivity contribution in [2.45, 2.75) is 38.5 Å². The predicted octanol–water partition coefficient (Wildman–Crippen LogP) is -48.9. The van der Waals surface area contributed by atoms with Crippen LogP contribution in [0.15, 0.2) is 72.8 Å². The molecule has 0 N–H and O–H groups in total. The smallest absolute Gasteiger partial charge is 0.546 e. The standard InChI is InChI=1S/C66H60O36.12Na/c67-49(68)19-91-43-7-31-1-32-8-44(92-20-50(69)70)10-34(62(32)98-26-56(81)82)3-36-12-46(94-22-52(73)74)14-38(64(36)100-28-58(85)86)5-40-16-48(96-24-54(77)78)18-42(66(40)102-30-60(89)90)6-41-17-47(95-23-53(75)76)15-39(65(41)101-29-59(87)88)4-37-13-45(93-21-51(71)72)11-35(63(37)99-27-57(83)84)2-33(9-43)61(31)97-25-55(79)80;;;;;;;;;;;;/h7-18H,1-6,19-30H2,(H,67,68)(H,69,70)(H,71,72)(H,73,74)(H,75,76)(H,77,78)(H,79,80)(H,81,82)(H,83,84)(H,85,86)(H,87,88)(H,89,90);;;;;;;;;;;;/q;12*+1/p-12. The average Bonchev–Trinajstić information content (AvgIpc) is 0.778. The number of carboxylic acid groups (broad SMARTS) is 12. The van der Waals surface area contributed by atoms with Crippen molar-refractivity contribution in [3.63, 3.8) is 0 Å². The van der Waals surface area contributed by atoms with Crippen LogP contribution in [0.1, 0.15) is 66.8 Å². The number of hydrogen-bond donors (Lipinski definition) is 0. The summed E-state index contributed by atoms with van der Waals surface area (Å²) in [5.41, 5.74) is -3.89. The molecular weight excluding hydrogens is 1640 g/mol. The van der Waals surface area contributed by atoms with Gasteiger partial charge in [0.25, 0.3) is 0 Å². The molecule has 1 aliphatic carbocycles. The molecule has 6 aromatic carbocycles. The second-order valence-electron chi connectivity index (χ2n) is 21.4. The van der Waals surface area contributed by atoms with Gasteiger partial charge in [0.15, 0.2) is 0 Å². The zero-order valence-corrected chi connectivity index (χ0v) is 88.4. The van der Waals surface area contributed by atoms with E-state index >= 15 is 0 Å². The van der Waals surface area contributed by atoms with Crippen molar-refractivity contribution in [3.05, 3.63) is 140 Å². The molecule has 0 amide bonds. The molecule has 0 fully saturated rings. The van der Waals surface area contributed by atoms with E-state index < -0.39 is 258 Å². The second-order valence-corrected chi connectivity index (χ2v) is 21.4. The summed E-state index contributed by atoms with van der Waals surface area (Å²) in [7, 11) is 0. The maximum atomic E-state index is 12.4. The van der Waals surface area contributed by atoms with E-state index in [2.05, 4.69) is 0 Å². The minimum absolute atomic E-state index is 0. The van der Waals surface area contributed by atoms with E-state index in [-0.39, 0.29) is 421 Å². The van der Waals surface area contributed by atoms with Gasteiger partial charge >= 0.3 is 355 Å². The van der Waals surface area contributed by atoms with Gasteiger partial charge < -0.3 is 176 Å². The van der Waals surface area contributed by atoms with E-state index in [4.69, 9.17) is 56.8 Å². The van der Waals surface area contributed by atoms with Crippen molar-refractivity contribution >= 4 is 71.6 Å². The van der Waals surface area contributed by atoms with Crippen LogP contribution in [0.25, 0.3) is 0 Å². The van der Waals surface area contributed by atoms with Gasteiger partial charge in [0.2, 0.25) is 0 Å². The molecule has 0 heterocycles. The summed E-state index contributed by atoms with van der Waals surface area (Å²) < 4.78 is 68.6. The molecule has 0 spiro atoms. The van der Waals surface area contributed by atoms with Crippen LogP contribution in [0.3, 0.4) is 0 Å². The summed E-state index contributed by atoms with van der Waals surface area (Å²) in [6.45, 7) is -15.6. The summed E-state index contributed by atoms with van der Waals surface area (Å²) >= 11 is 0. The van der Waals surface area contributed by atoms with E-state index in [0.717, 1.165) is 72.8 Å². The molecule has 0 aromatic heterocycles. The van der Waals surface area contributed by atoms with E-state index in [9.17, 15) is 119 Å². The number of carbonyl (C=O) groups is 12. The van der Waals surface area contributed by atoms with Gasteiger partial charge in [0.05, 0.1) is 71.6 Å². The van der Waals surface area contributed by atoms with Gasteiger partial charge in [-0.2, -0.15) is 0 Å².